The number of hydrogen-bond acceptors (Lipinski definition) is 4. The molecule has 0 bridgehead atoms. The van der Waals surface area contributed by atoms with Crippen LogP contribution in [0.3, 0.4) is 0 Å². The van der Waals surface area contributed by atoms with Gasteiger partial charge in [-0.2, -0.15) is 5.10 Å². The van der Waals surface area contributed by atoms with Gasteiger partial charge < -0.3 is 5.32 Å². The number of nitrogens with one attached hydrogen (secondary N) is 1. The largest absolute Gasteiger partial charge is 0.373 e. The predicted octanol–water partition coefficient (Wildman–Crippen LogP) is 2.22. The van der Waals surface area contributed by atoms with Crippen LogP contribution in [0, 0.1) is 0 Å². The zero-order valence-electron chi connectivity index (χ0n) is 11.5. The maximum absolute atomic E-state index is 4.53. The van der Waals surface area contributed by atoms with Crippen molar-refractivity contribution in [3.63, 3.8) is 0 Å². The first-order chi connectivity index (χ1) is 8.41. The Morgan fingerprint density at radius 2 is 2.00 bits per heavy atom. The van der Waals surface area contributed by atoms with E-state index in [0.29, 0.717) is 5.82 Å². The van der Waals surface area contributed by atoms with Crippen LogP contribution in [-0.4, -0.2) is 26.8 Å². The third-order valence-electron chi connectivity index (χ3n) is 2.69. The highest BCUT2D eigenvalue weighted by Crippen LogP contribution is 2.30. The van der Waals surface area contributed by atoms with Gasteiger partial charge in [0.25, 0.3) is 0 Å². The minimum absolute atomic E-state index is 0.0321. The molecule has 0 atom stereocenters. The summed E-state index contributed by atoms with van der Waals surface area (Å²) >= 11 is 0. The molecular weight excluding hydrogens is 226 g/mol. The molecule has 2 heterocycles. The van der Waals surface area contributed by atoms with E-state index in [-0.39, 0.29) is 5.41 Å². The molecule has 0 unspecified atom stereocenters. The fraction of sp³-hybridized carbons (Fsp3) is 0.462. The van der Waals surface area contributed by atoms with Gasteiger partial charge in [-0.05, 0) is 6.07 Å². The molecule has 1 N–H and O–H groups in total. The van der Waals surface area contributed by atoms with Crippen LogP contribution in [0.25, 0.3) is 11.4 Å². The van der Waals surface area contributed by atoms with Crippen molar-refractivity contribution in [3.05, 3.63) is 24.2 Å². The van der Waals surface area contributed by atoms with Gasteiger partial charge in [-0.25, -0.2) is 9.97 Å². The van der Waals surface area contributed by atoms with Gasteiger partial charge in [0.1, 0.15) is 5.82 Å². The maximum Gasteiger partial charge on any atom is 0.164 e. The van der Waals surface area contributed by atoms with E-state index < -0.39 is 0 Å². The van der Waals surface area contributed by atoms with Gasteiger partial charge in [-0.1, -0.05) is 20.8 Å². The Kier molecular flexibility index (Phi) is 3.07. The average Bonchev–Trinajstić information content (AvgIpc) is 2.71. The summed E-state index contributed by atoms with van der Waals surface area (Å²) in [7, 11) is 3.76. The Morgan fingerprint density at radius 3 is 2.61 bits per heavy atom. The fourth-order valence-corrected chi connectivity index (χ4v) is 1.83. The molecule has 0 radical (unpaired) electrons. The normalized spacial score (nSPS) is 11.6. The standard InChI is InChI=1S/C13H19N5/c1-13(2,3)11-9(8-18(5)17-11)12-15-7-6-10(14-4)16-12/h6-8H,1-5H3,(H,14,15,16). The van der Waals surface area contributed by atoms with Crippen LogP contribution in [0.2, 0.25) is 0 Å². The first-order valence-corrected chi connectivity index (χ1v) is 5.97. The van der Waals surface area contributed by atoms with E-state index in [1.54, 1.807) is 6.20 Å². The second-order valence-electron chi connectivity index (χ2n) is 5.33. The molecule has 2 rings (SSSR count). The lowest BCUT2D eigenvalue weighted by Gasteiger charge is -2.17. The van der Waals surface area contributed by atoms with E-state index in [2.05, 4.69) is 41.2 Å². The number of aromatic nitrogens is 4. The number of nitrogens with zero attached hydrogens (tertiary/aromatic N) is 4. The molecule has 5 nitrogen and oxygen atoms in total. The molecule has 5 heteroatoms. The zero-order valence-corrected chi connectivity index (χ0v) is 11.5. The van der Waals surface area contributed by atoms with Crippen molar-refractivity contribution >= 4 is 5.82 Å². The summed E-state index contributed by atoms with van der Waals surface area (Å²) in [5.74, 6) is 1.52. The maximum atomic E-state index is 4.53. The summed E-state index contributed by atoms with van der Waals surface area (Å²) in [5.41, 5.74) is 1.97. The van der Waals surface area contributed by atoms with Crippen LogP contribution >= 0.6 is 0 Å². The Bertz CT molecular complexity index is 551. The fourth-order valence-electron chi connectivity index (χ4n) is 1.83. The van der Waals surface area contributed by atoms with E-state index >= 15 is 0 Å². The summed E-state index contributed by atoms with van der Waals surface area (Å²) in [6, 6.07) is 1.84. The summed E-state index contributed by atoms with van der Waals surface area (Å²) in [5, 5.41) is 7.55. The number of aryl methyl sites for hydroxylation is 1. The number of hydrogen-bond donors (Lipinski definition) is 1. The second-order valence-corrected chi connectivity index (χ2v) is 5.33. The molecule has 0 aromatic carbocycles. The quantitative estimate of drug-likeness (QED) is 0.881. The first-order valence-electron chi connectivity index (χ1n) is 5.97. The first kappa shape index (κ1) is 12.5. The van der Waals surface area contributed by atoms with Gasteiger partial charge in [-0.15, -0.1) is 0 Å². The lowest BCUT2D eigenvalue weighted by molar-refractivity contribution is 0.554. The van der Waals surface area contributed by atoms with Crippen molar-refractivity contribution in [2.75, 3.05) is 12.4 Å². The third kappa shape index (κ3) is 2.34. The molecule has 0 aliphatic rings. The third-order valence-corrected chi connectivity index (χ3v) is 2.69. The van der Waals surface area contributed by atoms with Crippen LogP contribution in [0.5, 0.6) is 0 Å². The highest BCUT2D eigenvalue weighted by atomic mass is 15.3. The summed E-state index contributed by atoms with van der Waals surface area (Å²) in [6.45, 7) is 6.42. The molecule has 96 valence electrons. The van der Waals surface area contributed by atoms with Crippen molar-refractivity contribution in [2.24, 2.45) is 7.05 Å². The lowest BCUT2D eigenvalue weighted by Crippen LogP contribution is -2.14. The van der Waals surface area contributed by atoms with Crippen molar-refractivity contribution in [1.29, 1.82) is 0 Å². The van der Waals surface area contributed by atoms with Crippen molar-refractivity contribution in [1.82, 2.24) is 19.7 Å². The molecule has 0 amide bonds. The van der Waals surface area contributed by atoms with Gasteiger partial charge in [0.05, 0.1) is 11.3 Å². The van der Waals surface area contributed by atoms with Crippen LogP contribution in [0.1, 0.15) is 26.5 Å². The molecule has 0 spiro atoms. The Balaban J connectivity index is 2.56. The minimum Gasteiger partial charge on any atom is -0.373 e. The highest BCUT2D eigenvalue weighted by molar-refractivity contribution is 5.60. The van der Waals surface area contributed by atoms with Gasteiger partial charge in [0.15, 0.2) is 5.82 Å². The van der Waals surface area contributed by atoms with E-state index in [4.69, 9.17) is 0 Å². The van der Waals surface area contributed by atoms with E-state index in [1.165, 1.54) is 0 Å². The Labute approximate surface area is 107 Å². The van der Waals surface area contributed by atoms with Crippen molar-refractivity contribution in [3.8, 4) is 11.4 Å². The monoisotopic (exact) mass is 245 g/mol. The van der Waals surface area contributed by atoms with Gasteiger partial charge in [0.2, 0.25) is 0 Å². The molecule has 0 aliphatic heterocycles. The molecule has 2 aromatic heterocycles. The Morgan fingerprint density at radius 1 is 1.28 bits per heavy atom. The molecule has 0 fully saturated rings. The molecule has 0 aliphatic carbocycles. The van der Waals surface area contributed by atoms with E-state index in [9.17, 15) is 0 Å². The smallest absolute Gasteiger partial charge is 0.164 e. The van der Waals surface area contributed by atoms with Crippen LogP contribution in [-0.2, 0) is 12.5 Å². The van der Waals surface area contributed by atoms with Crippen LogP contribution in [0.4, 0.5) is 5.82 Å². The molecule has 0 saturated heterocycles. The molecular formula is C13H19N5. The molecule has 2 aromatic rings. The topological polar surface area (TPSA) is 55.6 Å². The Hall–Kier alpha value is -1.91. The van der Waals surface area contributed by atoms with Crippen molar-refractivity contribution in [2.45, 2.75) is 26.2 Å². The number of anilines is 1. The van der Waals surface area contributed by atoms with Crippen molar-refractivity contribution < 1.29 is 0 Å². The predicted molar refractivity (Wildman–Crippen MR) is 72.5 cm³/mol. The molecule has 0 saturated carbocycles. The second kappa shape index (κ2) is 4.40. The van der Waals surface area contributed by atoms with Crippen LogP contribution in [0.15, 0.2) is 18.5 Å². The van der Waals surface area contributed by atoms with E-state index in [0.717, 1.165) is 17.1 Å². The molecule has 18 heavy (non-hydrogen) atoms. The lowest BCUT2D eigenvalue weighted by atomic mass is 9.89. The summed E-state index contributed by atoms with van der Waals surface area (Å²) in [4.78, 5) is 8.81. The van der Waals surface area contributed by atoms with Gasteiger partial charge in [-0.3, -0.25) is 4.68 Å². The van der Waals surface area contributed by atoms with Crippen LogP contribution < -0.4 is 5.32 Å². The summed E-state index contributed by atoms with van der Waals surface area (Å²) in [6.07, 6.45) is 3.73. The highest BCUT2D eigenvalue weighted by Gasteiger charge is 2.24. The van der Waals surface area contributed by atoms with Gasteiger partial charge >= 0.3 is 0 Å². The minimum atomic E-state index is -0.0321. The van der Waals surface area contributed by atoms with Gasteiger partial charge in [0, 0.05) is 31.9 Å². The zero-order chi connectivity index (χ0) is 13.3. The van der Waals surface area contributed by atoms with E-state index in [1.807, 2.05) is 31.0 Å². The summed E-state index contributed by atoms with van der Waals surface area (Å²) < 4.78 is 1.81. The average molecular weight is 245 g/mol. The number of rotatable bonds is 2. The SMILES string of the molecule is CNc1ccnc(-c2cn(C)nc2C(C)(C)C)n1.